The van der Waals surface area contributed by atoms with E-state index in [9.17, 15) is 24.3 Å². The molecule has 3 amide bonds. The second kappa shape index (κ2) is 13.4. The fourth-order valence-corrected chi connectivity index (χ4v) is 2.69. The van der Waals surface area contributed by atoms with Crippen LogP contribution in [-0.4, -0.2) is 70.4 Å². The summed E-state index contributed by atoms with van der Waals surface area (Å²) in [6.07, 6.45) is 1.10. The zero-order valence-electron chi connectivity index (χ0n) is 17.3. The Kier molecular flexibility index (Phi) is 12.5. The molecule has 6 atom stereocenters. The largest absolute Gasteiger partial charge is 0.480 e. The van der Waals surface area contributed by atoms with Gasteiger partial charge < -0.3 is 31.9 Å². The van der Waals surface area contributed by atoms with Gasteiger partial charge >= 0.3 is 5.97 Å². The maximum absolute atomic E-state index is 12.8. The third-order valence-corrected chi connectivity index (χ3v) is 5.28. The SMILES string of the molecule is CCC(C)C(NC(=O)C(NC(=O)C(CS)NC(=O)C(N)CO)C(C)CC)C(=O)O. The number of aliphatic hydroxyl groups excluding tert-OH is 1. The molecule has 0 aliphatic heterocycles. The van der Waals surface area contributed by atoms with Gasteiger partial charge in [0.1, 0.15) is 24.2 Å². The maximum atomic E-state index is 12.8. The van der Waals surface area contributed by atoms with E-state index in [0.29, 0.717) is 12.8 Å². The summed E-state index contributed by atoms with van der Waals surface area (Å²) in [6.45, 7) is 6.53. The fraction of sp³-hybridized carbons (Fsp3) is 0.778. The summed E-state index contributed by atoms with van der Waals surface area (Å²) in [5, 5.41) is 25.8. The van der Waals surface area contributed by atoms with Crippen molar-refractivity contribution in [1.82, 2.24) is 16.0 Å². The van der Waals surface area contributed by atoms with Crippen LogP contribution in [0.2, 0.25) is 0 Å². The third-order valence-electron chi connectivity index (χ3n) is 4.92. The Bertz CT molecular complexity index is 577. The molecule has 0 aromatic rings. The summed E-state index contributed by atoms with van der Waals surface area (Å²) in [4.78, 5) is 48.7. The van der Waals surface area contributed by atoms with E-state index in [2.05, 4.69) is 28.6 Å². The van der Waals surface area contributed by atoms with Crippen LogP contribution in [0.15, 0.2) is 0 Å². The number of aliphatic carboxylic acids is 1. The molecule has 0 aliphatic carbocycles. The first-order valence-electron chi connectivity index (χ1n) is 9.65. The number of nitrogens with two attached hydrogens (primary N) is 1. The molecule has 7 N–H and O–H groups in total. The minimum absolute atomic E-state index is 0.0603. The van der Waals surface area contributed by atoms with E-state index in [4.69, 9.17) is 10.8 Å². The van der Waals surface area contributed by atoms with Crippen molar-refractivity contribution < 1.29 is 29.4 Å². The number of hydrogen-bond donors (Lipinski definition) is 7. The molecule has 0 aromatic carbocycles. The quantitative estimate of drug-likeness (QED) is 0.180. The van der Waals surface area contributed by atoms with Crippen LogP contribution in [-0.2, 0) is 19.2 Å². The zero-order chi connectivity index (χ0) is 22.7. The summed E-state index contributed by atoms with van der Waals surface area (Å²) < 4.78 is 0. The van der Waals surface area contributed by atoms with E-state index in [0.717, 1.165) is 0 Å². The number of carboxylic acids is 1. The van der Waals surface area contributed by atoms with Crippen molar-refractivity contribution in [3.05, 3.63) is 0 Å². The van der Waals surface area contributed by atoms with Crippen molar-refractivity contribution in [1.29, 1.82) is 0 Å². The van der Waals surface area contributed by atoms with Crippen LogP contribution < -0.4 is 21.7 Å². The molecule has 0 aliphatic rings. The number of aliphatic hydroxyl groups is 1. The second-order valence-corrected chi connectivity index (χ2v) is 7.48. The standard InChI is InChI=1S/C18H34N4O6S/c1-5-9(3)13(17(26)22-14(18(27)28)10(4)6-2)21-16(25)12(8-29)20-15(24)11(19)7-23/h9-14,23,29H,5-8,19H2,1-4H3,(H,20,24)(H,21,25)(H,22,26)(H,27,28). The van der Waals surface area contributed by atoms with Gasteiger partial charge in [-0.2, -0.15) is 12.6 Å². The number of nitrogens with one attached hydrogen (secondary N) is 3. The Morgan fingerprint density at radius 1 is 0.897 bits per heavy atom. The number of thiol groups is 1. The predicted octanol–water partition coefficient (Wildman–Crippen LogP) is -1.13. The first kappa shape index (κ1) is 27.1. The summed E-state index contributed by atoms with van der Waals surface area (Å²) in [5.74, 6) is -3.80. The molecule has 11 heteroatoms. The van der Waals surface area contributed by atoms with Gasteiger partial charge in [0, 0.05) is 5.75 Å². The number of carboxylic acid groups (broad SMARTS) is 1. The molecule has 0 saturated carbocycles. The number of hydrogen-bond acceptors (Lipinski definition) is 7. The summed E-state index contributed by atoms with van der Waals surface area (Å²) in [7, 11) is 0. The lowest BCUT2D eigenvalue weighted by molar-refractivity contribution is -0.144. The normalized spacial score (nSPS) is 17.2. The molecular formula is C18H34N4O6S. The van der Waals surface area contributed by atoms with Gasteiger partial charge in [-0.15, -0.1) is 0 Å². The van der Waals surface area contributed by atoms with Crippen molar-refractivity contribution in [3.8, 4) is 0 Å². The van der Waals surface area contributed by atoms with Crippen LogP contribution in [0.4, 0.5) is 0 Å². The number of carbonyl (C=O) groups is 4. The van der Waals surface area contributed by atoms with E-state index in [1.165, 1.54) is 0 Å². The van der Waals surface area contributed by atoms with Crippen LogP contribution >= 0.6 is 12.6 Å². The zero-order valence-corrected chi connectivity index (χ0v) is 18.2. The van der Waals surface area contributed by atoms with E-state index in [1.807, 2.05) is 13.8 Å². The van der Waals surface area contributed by atoms with E-state index < -0.39 is 54.5 Å². The lowest BCUT2D eigenvalue weighted by Gasteiger charge is -2.28. The Hall–Kier alpha value is -1.85. The van der Waals surface area contributed by atoms with Crippen LogP contribution in [0.1, 0.15) is 40.5 Å². The Balaban J connectivity index is 5.36. The highest BCUT2D eigenvalue weighted by Crippen LogP contribution is 2.12. The summed E-state index contributed by atoms with van der Waals surface area (Å²) in [6, 6.07) is -4.35. The van der Waals surface area contributed by atoms with Crippen molar-refractivity contribution in [2.24, 2.45) is 17.6 Å². The molecular weight excluding hydrogens is 400 g/mol. The Morgan fingerprint density at radius 2 is 1.38 bits per heavy atom. The predicted molar refractivity (Wildman–Crippen MR) is 111 cm³/mol. The van der Waals surface area contributed by atoms with Gasteiger partial charge in [-0.05, 0) is 11.8 Å². The highest BCUT2D eigenvalue weighted by Gasteiger charge is 2.33. The molecule has 0 spiro atoms. The van der Waals surface area contributed by atoms with Crippen molar-refractivity contribution in [2.75, 3.05) is 12.4 Å². The fourth-order valence-electron chi connectivity index (χ4n) is 2.44. The molecule has 0 rings (SSSR count). The molecule has 0 aromatic heterocycles. The van der Waals surface area contributed by atoms with Gasteiger partial charge in [0.25, 0.3) is 0 Å². The number of rotatable bonds is 13. The number of amides is 3. The van der Waals surface area contributed by atoms with Crippen molar-refractivity contribution in [2.45, 2.75) is 64.7 Å². The smallest absolute Gasteiger partial charge is 0.326 e. The second-order valence-electron chi connectivity index (χ2n) is 7.11. The monoisotopic (exact) mass is 434 g/mol. The highest BCUT2D eigenvalue weighted by molar-refractivity contribution is 7.80. The van der Waals surface area contributed by atoms with Crippen LogP contribution in [0.3, 0.4) is 0 Å². The van der Waals surface area contributed by atoms with Crippen LogP contribution in [0.5, 0.6) is 0 Å². The maximum Gasteiger partial charge on any atom is 0.326 e. The van der Waals surface area contributed by atoms with Crippen LogP contribution in [0.25, 0.3) is 0 Å². The minimum Gasteiger partial charge on any atom is -0.480 e. The lowest BCUT2D eigenvalue weighted by atomic mass is 9.95. The van der Waals surface area contributed by atoms with Gasteiger partial charge in [0.2, 0.25) is 17.7 Å². The first-order chi connectivity index (χ1) is 13.5. The van der Waals surface area contributed by atoms with Gasteiger partial charge in [-0.25, -0.2) is 4.79 Å². The molecule has 0 saturated heterocycles. The minimum atomic E-state index is -1.19. The first-order valence-corrected chi connectivity index (χ1v) is 10.3. The molecule has 10 nitrogen and oxygen atoms in total. The molecule has 0 heterocycles. The van der Waals surface area contributed by atoms with Crippen molar-refractivity contribution in [3.63, 3.8) is 0 Å². The van der Waals surface area contributed by atoms with E-state index >= 15 is 0 Å². The Labute approximate surface area is 176 Å². The van der Waals surface area contributed by atoms with Gasteiger partial charge in [0.05, 0.1) is 6.61 Å². The topological polar surface area (TPSA) is 171 Å². The van der Waals surface area contributed by atoms with E-state index in [1.54, 1.807) is 13.8 Å². The molecule has 29 heavy (non-hydrogen) atoms. The lowest BCUT2D eigenvalue weighted by Crippen LogP contribution is -2.59. The molecule has 0 radical (unpaired) electrons. The highest BCUT2D eigenvalue weighted by atomic mass is 32.1. The van der Waals surface area contributed by atoms with Crippen LogP contribution in [0, 0.1) is 11.8 Å². The van der Waals surface area contributed by atoms with Crippen molar-refractivity contribution >= 4 is 36.3 Å². The van der Waals surface area contributed by atoms with Gasteiger partial charge in [-0.3, -0.25) is 14.4 Å². The molecule has 0 bridgehead atoms. The average Bonchev–Trinajstić information content (AvgIpc) is 2.71. The average molecular weight is 435 g/mol. The van der Waals surface area contributed by atoms with E-state index in [-0.39, 0.29) is 17.6 Å². The Morgan fingerprint density at radius 3 is 1.79 bits per heavy atom. The van der Waals surface area contributed by atoms with Gasteiger partial charge in [0.15, 0.2) is 0 Å². The summed E-state index contributed by atoms with van der Waals surface area (Å²) in [5.41, 5.74) is 5.43. The molecule has 6 unspecified atom stereocenters. The molecule has 0 fully saturated rings. The molecule has 168 valence electrons. The summed E-state index contributed by atoms with van der Waals surface area (Å²) >= 11 is 4.04. The third kappa shape index (κ3) is 8.58. The number of carbonyl (C=O) groups excluding carboxylic acids is 3. The van der Waals surface area contributed by atoms with Gasteiger partial charge in [-0.1, -0.05) is 40.5 Å².